The number of rotatable bonds is 2. The highest BCUT2D eigenvalue weighted by Crippen LogP contribution is 2.54. The van der Waals surface area contributed by atoms with E-state index < -0.39 is 5.39 Å². The van der Waals surface area contributed by atoms with Crippen LogP contribution < -0.4 is 5.30 Å². The fourth-order valence-electron chi connectivity index (χ4n) is 2.47. The highest BCUT2D eigenvalue weighted by molar-refractivity contribution is 8.65. The van der Waals surface area contributed by atoms with Crippen LogP contribution in [0.15, 0.2) is 24.3 Å². The Morgan fingerprint density at radius 1 is 1.05 bits per heavy atom. The molecule has 1 atom stereocenters. The Morgan fingerprint density at radius 2 is 1.58 bits per heavy atom. The molecule has 1 aliphatic heterocycles. The van der Waals surface area contributed by atoms with Crippen molar-refractivity contribution < 1.29 is 0 Å². The second-order valence-corrected chi connectivity index (χ2v) is 12.7. The molecule has 0 spiro atoms. The van der Waals surface area contributed by atoms with Crippen molar-refractivity contribution in [2.45, 2.75) is 45.4 Å². The average Bonchev–Trinajstić information content (AvgIpc) is 2.39. The molecular weight excluding hydrogens is 289 g/mol. The Hall–Kier alpha value is 0.180. The maximum atomic E-state index is 5.87. The van der Waals surface area contributed by atoms with Gasteiger partial charge < -0.3 is 0 Å². The highest BCUT2D eigenvalue weighted by atomic mass is 32.9. The number of nitrogens with zero attached hydrogens (tertiary/aromatic N) is 1. The molecule has 4 heteroatoms. The van der Waals surface area contributed by atoms with Gasteiger partial charge in [-0.2, -0.15) is 0 Å². The van der Waals surface area contributed by atoms with E-state index in [4.69, 9.17) is 24.1 Å². The van der Waals surface area contributed by atoms with Crippen LogP contribution in [0.4, 0.5) is 0 Å². The van der Waals surface area contributed by atoms with Crippen LogP contribution in [0.5, 0.6) is 0 Å². The van der Waals surface area contributed by atoms with Gasteiger partial charge in [-0.05, 0) is 23.8 Å². The zero-order chi connectivity index (χ0) is 14.1. The lowest BCUT2D eigenvalue weighted by molar-refractivity contribution is 0.375. The predicted molar refractivity (Wildman–Crippen MR) is 93.5 cm³/mol. The molecule has 1 aliphatic rings. The van der Waals surface area contributed by atoms with E-state index >= 15 is 0 Å². The van der Waals surface area contributed by atoms with Crippen molar-refractivity contribution in [3.05, 3.63) is 29.8 Å². The maximum absolute atomic E-state index is 5.87. The molecule has 1 saturated heterocycles. The first-order chi connectivity index (χ1) is 8.82. The minimum Gasteiger partial charge on any atom is -0.264 e. The van der Waals surface area contributed by atoms with Crippen LogP contribution in [0.2, 0.25) is 0 Å². The first-order valence-electron chi connectivity index (χ1n) is 7.01. The summed E-state index contributed by atoms with van der Waals surface area (Å²) in [6.07, 6.45) is 3.86. The van der Waals surface area contributed by atoms with E-state index in [1.165, 1.54) is 30.1 Å². The first kappa shape index (κ1) is 15.6. The monoisotopic (exact) mass is 313 g/mol. The molecule has 0 saturated carbocycles. The summed E-state index contributed by atoms with van der Waals surface area (Å²) in [5.74, 6) is 0. The molecule has 106 valence electrons. The molecule has 0 N–H and O–H groups in total. The summed E-state index contributed by atoms with van der Waals surface area (Å²) >= 11 is 10.7. The van der Waals surface area contributed by atoms with E-state index in [-0.39, 0.29) is 5.41 Å². The molecule has 0 bridgehead atoms. The van der Waals surface area contributed by atoms with E-state index in [2.05, 4.69) is 49.7 Å². The van der Waals surface area contributed by atoms with Gasteiger partial charge in [-0.25, -0.2) is 0 Å². The highest BCUT2D eigenvalue weighted by Gasteiger charge is 2.25. The molecule has 19 heavy (non-hydrogen) atoms. The fourth-order valence-corrected chi connectivity index (χ4v) is 5.95. The lowest BCUT2D eigenvalue weighted by atomic mass is 9.87. The molecule has 1 heterocycles. The van der Waals surface area contributed by atoms with Crippen LogP contribution in [-0.4, -0.2) is 17.8 Å². The van der Waals surface area contributed by atoms with Crippen molar-refractivity contribution in [2.75, 3.05) is 13.1 Å². The standard InChI is InChI=1S/C15H24NPS2/c1-15(2,3)13-7-9-14(10-8-13)17(18,19)16-11-5-4-6-12-16/h7-10H,4-6,11-12H2,1-3H3,(H,18,19). The summed E-state index contributed by atoms with van der Waals surface area (Å²) in [7, 11) is 0. The van der Waals surface area contributed by atoms with Crippen LogP contribution in [0, 0.1) is 0 Å². The smallest absolute Gasteiger partial charge is 0.0923 e. The van der Waals surface area contributed by atoms with Gasteiger partial charge in [-0.3, -0.25) is 4.67 Å². The number of hydrogen-bond acceptors (Lipinski definition) is 1. The minimum absolute atomic E-state index is 0.197. The maximum Gasteiger partial charge on any atom is 0.0923 e. The third-order valence-electron chi connectivity index (χ3n) is 3.79. The number of piperidine rings is 1. The number of hydrogen-bond donors (Lipinski definition) is 1. The van der Waals surface area contributed by atoms with Crippen LogP contribution in [0.3, 0.4) is 0 Å². The van der Waals surface area contributed by atoms with Gasteiger partial charge in [0.2, 0.25) is 0 Å². The average molecular weight is 313 g/mol. The topological polar surface area (TPSA) is 3.24 Å². The molecule has 0 aliphatic carbocycles. The van der Waals surface area contributed by atoms with E-state index in [0.717, 1.165) is 13.1 Å². The quantitative estimate of drug-likeness (QED) is 0.639. The Kier molecular flexibility index (Phi) is 4.83. The van der Waals surface area contributed by atoms with Gasteiger partial charge in [-0.1, -0.05) is 63.3 Å². The summed E-state index contributed by atoms with van der Waals surface area (Å²) < 4.78 is 2.43. The third kappa shape index (κ3) is 3.64. The van der Waals surface area contributed by atoms with E-state index in [1.807, 2.05) is 0 Å². The molecule has 0 radical (unpaired) electrons. The third-order valence-corrected chi connectivity index (χ3v) is 8.70. The number of thiol groups is 1. The molecule has 0 aromatic heterocycles. The van der Waals surface area contributed by atoms with Gasteiger partial charge in [0, 0.05) is 18.4 Å². The first-order valence-corrected chi connectivity index (χ1v) is 10.9. The Balaban J connectivity index is 2.23. The SMILES string of the molecule is CC(C)(C)c1ccc(P(=S)(S)N2CCCCC2)cc1. The summed E-state index contributed by atoms with van der Waals surface area (Å²) in [5.41, 5.74) is 1.56. The lowest BCUT2D eigenvalue weighted by Crippen LogP contribution is -2.29. The van der Waals surface area contributed by atoms with Crippen molar-refractivity contribution in [2.24, 2.45) is 0 Å². The minimum atomic E-state index is -1.83. The normalized spacial score (nSPS) is 21.1. The van der Waals surface area contributed by atoms with E-state index in [0.29, 0.717) is 0 Å². The molecule has 1 unspecified atom stereocenters. The summed E-state index contributed by atoms with van der Waals surface area (Å²) in [6, 6.07) is 8.83. The van der Waals surface area contributed by atoms with Crippen molar-refractivity contribution in [1.82, 2.24) is 4.67 Å². The van der Waals surface area contributed by atoms with Crippen LogP contribution in [0.1, 0.15) is 45.6 Å². The van der Waals surface area contributed by atoms with Crippen LogP contribution >= 0.6 is 17.6 Å². The van der Waals surface area contributed by atoms with E-state index in [1.54, 1.807) is 0 Å². The number of benzene rings is 1. The lowest BCUT2D eigenvalue weighted by Gasteiger charge is -2.34. The molecular formula is C15H24NPS2. The van der Waals surface area contributed by atoms with Crippen molar-refractivity contribution in [3.63, 3.8) is 0 Å². The second kappa shape index (κ2) is 5.89. The summed E-state index contributed by atoms with van der Waals surface area (Å²) in [5, 5.41) is -0.595. The Labute approximate surface area is 128 Å². The predicted octanol–water partition coefficient (Wildman–Crippen LogP) is 4.33. The zero-order valence-corrected chi connectivity index (χ0v) is 14.7. The van der Waals surface area contributed by atoms with Crippen molar-refractivity contribution in [1.29, 1.82) is 0 Å². The summed E-state index contributed by atoms with van der Waals surface area (Å²) in [6.45, 7) is 8.94. The van der Waals surface area contributed by atoms with Crippen molar-refractivity contribution >= 4 is 34.8 Å². The van der Waals surface area contributed by atoms with Gasteiger partial charge in [-0.15, -0.1) is 12.2 Å². The Bertz CT molecular complexity index is 470. The Morgan fingerprint density at radius 3 is 2.05 bits per heavy atom. The molecule has 1 fully saturated rings. The molecule has 1 aromatic carbocycles. The molecule has 2 rings (SSSR count). The van der Waals surface area contributed by atoms with Gasteiger partial charge in [0.1, 0.15) is 0 Å². The largest absolute Gasteiger partial charge is 0.264 e. The van der Waals surface area contributed by atoms with Gasteiger partial charge in [0.25, 0.3) is 0 Å². The van der Waals surface area contributed by atoms with Crippen LogP contribution in [0.25, 0.3) is 0 Å². The molecule has 0 amide bonds. The summed E-state index contributed by atoms with van der Waals surface area (Å²) in [4.78, 5) is 0. The van der Waals surface area contributed by atoms with Crippen molar-refractivity contribution in [3.8, 4) is 0 Å². The van der Waals surface area contributed by atoms with E-state index in [9.17, 15) is 0 Å². The van der Waals surface area contributed by atoms with Gasteiger partial charge in [0.05, 0.1) is 5.39 Å². The second-order valence-electron chi connectivity index (χ2n) is 6.36. The zero-order valence-electron chi connectivity index (χ0n) is 12.1. The van der Waals surface area contributed by atoms with Gasteiger partial charge in [0.15, 0.2) is 0 Å². The molecule has 1 nitrogen and oxygen atoms in total. The van der Waals surface area contributed by atoms with Crippen LogP contribution in [-0.2, 0) is 17.2 Å². The van der Waals surface area contributed by atoms with Gasteiger partial charge >= 0.3 is 0 Å². The molecule has 1 aromatic rings. The fraction of sp³-hybridized carbons (Fsp3) is 0.600.